The molecule has 0 spiro atoms. The summed E-state index contributed by atoms with van der Waals surface area (Å²) in [5, 5.41) is 0. The lowest BCUT2D eigenvalue weighted by atomic mass is 10.1. The number of ether oxygens (including phenoxy) is 1. The van der Waals surface area contributed by atoms with E-state index in [0.717, 1.165) is 11.3 Å². The number of aryl methyl sites for hydroxylation is 1. The van der Waals surface area contributed by atoms with Crippen LogP contribution in [-0.2, 0) is 4.79 Å². The fourth-order valence-electron chi connectivity index (χ4n) is 2.69. The second kappa shape index (κ2) is 6.81. The van der Waals surface area contributed by atoms with Crippen molar-refractivity contribution in [1.82, 2.24) is 9.80 Å². The molecule has 0 unspecified atom stereocenters. The van der Waals surface area contributed by atoms with E-state index in [2.05, 4.69) is 0 Å². The Morgan fingerprint density at radius 1 is 1.09 bits per heavy atom. The quantitative estimate of drug-likeness (QED) is 0.857. The molecule has 5 nitrogen and oxygen atoms in total. The Hall–Kier alpha value is -2.04. The molecular weight excluding hydrogens is 280 g/mol. The Labute approximate surface area is 131 Å². The minimum absolute atomic E-state index is 0.00601. The highest BCUT2D eigenvalue weighted by molar-refractivity contribution is 5.94. The van der Waals surface area contributed by atoms with Crippen molar-refractivity contribution in [3.05, 3.63) is 29.3 Å². The molecule has 2 amide bonds. The fraction of sp³-hybridized carbons (Fsp3) is 0.529. The normalized spacial score (nSPS) is 15.1. The first kappa shape index (κ1) is 16.3. The molecule has 1 aliphatic rings. The second-order valence-electron chi connectivity index (χ2n) is 5.96. The molecule has 1 aromatic rings. The topological polar surface area (TPSA) is 49.9 Å². The number of carbonyl (C=O) groups excluding carboxylic acids is 2. The van der Waals surface area contributed by atoms with Crippen molar-refractivity contribution in [3.8, 4) is 5.75 Å². The van der Waals surface area contributed by atoms with Crippen molar-refractivity contribution < 1.29 is 14.3 Å². The largest absolute Gasteiger partial charge is 0.496 e. The van der Waals surface area contributed by atoms with Gasteiger partial charge in [0.25, 0.3) is 5.91 Å². The maximum atomic E-state index is 12.5. The van der Waals surface area contributed by atoms with E-state index in [1.54, 1.807) is 13.2 Å². The highest BCUT2D eigenvalue weighted by Crippen LogP contribution is 2.20. The zero-order chi connectivity index (χ0) is 16.3. The third kappa shape index (κ3) is 3.40. The van der Waals surface area contributed by atoms with Gasteiger partial charge in [0.2, 0.25) is 5.91 Å². The molecule has 1 aromatic carbocycles. The number of benzene rings is 1. The highest BCUT2D eigenvalue weighted by atomic mass is 16.5. The molecule has 0 atom stereocenters. The molecule has 2 rings (SSSR count). The van der Waals surface area contributed by atoms with E-state index in [1.165, 1.54) is 0 Å². The molecular formula is C17H24N2O3. The van der Waals surface area contributed by atoms with Gasteiger partial charge in [0.15, 0.2) is 0 Å². The molecule has 1 saturated heterocycles. The molecule has 0 aromatic heterocycles. The number of rotatable bonds is 3. The maximum absolute atomic E-state index is 12.5. The summed E-state index contributed by atoms with van der Waals surface area (Å²) in [7, 11) is 1.62. The fourth-order valence-corrected chi connectivity index (χ4v) is 2.69. The number of piperazine rings is 1. The van der Waals surface area contributed by atoms with Crippen LogP contribution in [-0.4, -0.2) is 54.9 Å². The third-order valence-electron chi connectivity index (χ3n) is 4.01. The standard InChI is InChI=1S/C17H24N2O3/c1-12(2)16(20)18-7-9-19(10-8-18)17(21)14-5-6-15(22-4)13(3)11-14/h5-6,11-12H,7-10H2,1-4H3. The summed E-state index contributed by atoms with van der Waals surface area (Å²) in [6.45, 7) is 8.12. The molecule has 5 heteroatoms. The lowest BCUT2D eigenvalue weighted by Crippen LogP contribution is -2.51. The molecule has 0 bridgehead atoms. The monoisotopic (exact) mass is 304 g/mol. The van der Waals surface area contributed by atoms with Crippen LogP contribution in [0, 0.1) is 12.8 Å². The molecule has 22 heavy (non-hydrogen) atoms. The summed E-state index contributed by atoms with van der Waals surface area (Å²) in [5.41, 5.74) is 1.61. The van der Waals surface area contributed by atoms with E-state index >= 15 is 0 Å². The van der Waals surface area contributed by atoms with Gasteiger partial charge >= 0.3 is 0 Å². The first-order valence-corrected chi connectivity index (χ1v) is 7.66. The van der Waals surface area contributed by atoms with Crippen LogP contribution in [0.15, 0.2) is 18.2 Å². The van der Waals surface area contributed by atoms with Gasteiger partial charge in [0, 0.05) is 37.7 Å². The van der Waals surface area contributed by atoms with Crippen LogP contribution in [0.1, 0.15) is 29.8 Å². The van der Waals surface area contributed by atoms with E-state index < -0.39 is 0 Å². The minimum Gasteiger partial charge on any atom is -0.496 e. The predicted octanol–water partition coefficient (Wildman–Crippen LogP) is 1.94. The Morgan fingerprint density at radius 2 is 1.68 bits per heavy atom. The summed E-state index contributed by atoms with van der Waals surface area (Å²) in [6.07, 6.45) is 0. The van der Waals surface area contributed by atoms with Crippen molar-refractivity contribution in [1.29, 1.82) is 0 Å². The van der Waals surface area contributed by atoms with Gasteiger partial charge in [-0.05, 0) is 30.7 Å². The third-order valence-corrected chi connectivity index (χ3v) is 4.01. The number of carbonyl (C=O) groups is 2. The van der Waals surface area contributed by atoms with Gasteiger partial charge in [-0.15, -0.1) is 0 Å². The summed E-state index contributed by atoms with van der Waals surface area (Å²) in [5.74, 6) is 0.963. The second-order valence-corrected chi connectivity index (χ2v) is 5.96. The number of hydrogen-bond donors (Lipinski definition) is 0. The predicted molar refractivity (Wildman–Crippen MR) is 85.1 cm³/mol. The molecule has 0 saturated carbocycles. The van der Waals surface area contributed by atoms with Crippen LogP contribution >= 0.6 is 0 Å². The smallest absolute Gasteiger partial charge is 0.253 e. The summed E-state index contributed by atoms with van der Waals surface area (Å²) < 4.78 is 5.22. The Kier molecular flexibility index (Phi) is 5.06. The van der Waals surface area contributed by atoms with Gasteiger partial charge in [0.05, 0.1) is 7.11 Å². The first-order chi connectivity index (χ1) is 10.4. The van der Waals surface area contributed by atoms with E-state index in [0.29, 0.717) is 31.7 Å². The summed E-state index contributed by atoms with van der Waals surface area (Å²) in [6, 6.07) is 5.47. The summed E-state index contributed by atoms with van der Waals surface area (Å²) >= 11 is 0. The first-order valence-electron chi connectivity index (χ1n) is 7.66. The molecule has 1 heterocycles. The van der Waals surface area contributed by atoms with Crippen LogP contribution in [0.4, 0.5) is 0 Å². The van der Waals surface area contributed by atoms with E-state index in [9.17, 15) is 9.59 Å². The van der Waals surface area contributed by atoms with E-state index in [4.69, 9.17) is 4.74 Å². The maximum Gasteiger partial charge on any atom is 0.253 e. The SMILES string of the molecule is COc1ccc(C(=O)N2CCN(C(=O)C(C)C)CC2)cc1C. The number of nitrogens with zero attached hydrogens (tertiary/aromatic N) is 2. The van der Waals surface area contributed by atoms with Crippen molar-refractivity contribution in [2.45, 2.75) is 20.8 Å². The number of amides is 2. The Morgan fingerprint density at radius 3 is 2.18 bits per heavy atom. The van der Waals surface area contributed by atoms with Crippen LogP contribution < -0.4 is 4.74 Å². The molecule has 0 N–H and O–H groups in total. The van der Waals surface area contributed by atoms with Gasteiger partial charge in [0.1, 0.15) is 5.75 Å². The van der Waals surface area contributed by atoms with Crippen molar-refractivity contribution in [2.24, 2.45) is 5.92 Å². The van der Waals surface area contributed by atoms with E-state index in [-0.39, 0.29) is 17.7 Å². The van der Waals surface area contributed by atoms with Crippen LogP contribution in [0.3, 0.4) is 0 Å². The lowest BCUT2D eigenvalue weighted by Gasteiger charge is -2.35. The molecule has 120 valence electrons. The minimum atomic E-state index is 0.00601. The van der Waals surface area contributed by atoms with Crippen molar-refractivity contribution in [3.63, 3.8) is 0 Å². The van der Waals surface area contributed by atoms with Crippen molar-refractivity contribution >= 4 is 11.8 Å². The average Bonchev–Trinajstić information content (AvgIpc) is 2.53. The number of methoxy groups -OCH3 is 1. The average molecular weight is 304 g/mol. The van der Waals surface area contributed by atoms with Crippen LogP contribution in [0.2, 0.25) is 0 Å². The van der Waals surface area contributed by atoms with Gasteiger partial charge in [-0.1, -0.05) is 13.8 Å². The molecule has 1 aliphatic heterocycles. The zero-order valence-corrected chi connectivity index (χ0v) is 13.8. The van der Waals surface area contributed by atoms with Gasteiger partial charge in [-0.3, -0.25) is 9.59 Å². The van der Waals surface area contributed by atoms with Gasteiger partial charge in [-0.2, -0.15) is 0 Å². The van der Waals surface area contributed by atoms with Gasteiger partial charge in [-0.25, -0.2) is 0 Å². The Balaban J connectivity index is 2.01. The highest BCUT2D eigenvalue weighted by Gasteiger charge is 2.26. The lowest BCUT2D eigenvalue weighted by molar-refractivity contribution is -0.135. The molecule has 0 aliphatic carbocycles. The number of hydrogen-bond acceptors (Lipinski definition) is 3. The zero-order valence-electron chi connectivity index (χ0n) is 13.8. The van der Waals surface area contributed by atoms with Gasteiger partial charge < -0.3 is 14.5 Å². The molecule has 0 radical (unpaired) electrons. The molecule has 1 fully saturated rings. The van der Waals surface area contributed by atoms with Crippen LogP contribution in [0.25, 0.3) is 0 Å². The Bertz CT molecular complexity index is 561. The van der Waals surface area contributed by atoms with Crippen molar-refractivity contribution in [2.75, 3.05) is 33.3 Å². The van der Waals surface area contributed by atoms with E-state index in [1.807, 2.05) is 42.7 Å². The van der Waals surface area contributed by atoms with Crippen LogP contribution in [0.5, 0.6) is 5.75 Å². The summed E-state index contributed by atoms with van der Waals surface area (Å²) in [4.78, 5) is 28.2.